The molecule has 1 aliphatic rings. The molecular weight excluding hydrogens is 370 g/mol. The maximum absolute atomic E-state index is 12.9. The van der Waals surface area contributed by atoms with E-state index in [0.717, 1.165) is 38.4 Å². The molecule has 0 N–H and O–H groups in total. The molecule has 6 heteroatoms. The number of carbonyl (C=O) groups excluding carboxylic acids is 1. The quantitative estimate of drug-likeness (QED) is 0.641. The van der Waals surface area contributed by atoms with Gasteiger partial charge >= 0.3 is 0 Å². The van der Waals surface area contributed by atoms with Crippen LogP contribution in [0, 0.1) is 0 Å². The second-order valence-corrected chi connectivity index (χ2v) is 7.57. The van der Waals surface area contributed by atoms with E-state index in [0.29, 0.717) is 17.9 Å². The molecule has 1 aliphatic heterocycles. The van der Waals surface area contributed by atoms with Crippen LogP contribution >= 0.6 is 11.3 Å². The molecule has 28 heavy (non-hydrogen) atoms. The predicted octanol–water partition coefficient (Wildman–Crippen LogP) is 3.68. The molecule has 144 valence electrons. The Kier molecular flexibility index (Phi) is 5.99. The van der Waals surface area contributed by atoms with Gasteiger partial charge in [0.2, 0.25) is 0 Å². The molecule has 0 saturated carbocycles. The molecular formula is C22H23N3O2S. The summed E-state index contributed by atoms with van der Waals surface area (Å²) in [6.45, 7) is 4.62. The van der Waals surface area contributed by atoms with Crippen LogP contribution in [0.5, 0.6) is 5.75 Å². The zero-order valence-electron chi connectivity index (χ0n) is 15.7. The first-order valence-electron chi connectivity index (χ1n) is 9.43. The van der Waals surface area contributed by atoms with Gasteiger partial charge in [0, 0.05) is 43.7 Å². The van der Waals surface area contributed by atoms with Crippen LogP contribution in [0.25, 0.3) is 0 Å². The van der Waals surface area contributed by atoms with Crippen molar-refractivity contribution in [3.8, 4) is 5.75 Å². The molecule has 1 fully saturated rings. The molecule has 1 saturated heterocycles. The third kappa shape index (κ3) is 4.77. The Balaban J connectivity index is 1.31. The number of ether oxygens (including phenoxy) is 1. The van der Waals surface area contributed by atoms with Crippen molar-refractivity contribution in [2.45, 2.75) is 13.2 Å². The minimum absolute atomic E-state index is 0.0680. The largest absolute Gasteiger partial charge is 0.487 e. The van der Waals surface area contributed by atoms with Crippen LogP contribution in [-0.2, 0) is 13.2 Å². The van der Waals surface area contributed by atoms with E-state index in [2.05, 4.69) is 34.1 Å². The molecule has 2 aromatic carbocycles. The van der Waals surface area contributed by atoms with E-state index in [1.165, 1.54) is 5.56 Å². The molecule has 0 spiro atoms. The van der Waals surface area contributed by atoms with Gasteiger partial charge in [0.1, 0.15) is 12.4 Å². The van der Waals surface area contributed by atoms with Crippen molar-refractivity contribution in [2.24, 2.45) is 0 Å². The summed E-state index contributed by atoms with van der Waals surface area (Å²) in [4.78, 5) is 21.4. The van der Waals surface area contributed by atoms with Crippen LogP contribution < -0.4 is 4.74 Å². The topological polar surface area (TPSA) is 45.7 Å². The predicted molar refractivity (Wildman–Crippen MR) is 111 cm³/mol. The van der Waals surface area contributed by atoms with E-state index >= 15 is 0 Å². The van der Waals surface area contributed by atoms with Crippen LogP contribution in [-0.4, -0.2) is 46.9 Å². The Morgan fingerprint density at radius 3 is 2.61 bits per heavy atom. The lowest BCUT2D eigenvalue weighted by Crippen LogP contribution is -2.48. The van der Waals surface area contributed by atoms with Crippen molar-refractivity contribution in [1.29, 1.82) is 0 Å². The summed E-state index contributed by atoms with van der Waals surface area (Å²) in [6, 6.07) is 17.9. The van der Waals surface area contributed by atoms with Crippen molar-refractivity contribution in [3.63, 3.8) is 0 Å². The Morgan fingerprint density at radius 2 is 1.86 bits per heavy atom. The Hall–Kier alpha value is -2.70. The van der Waals surface area contributed by atoms with E-state index in [1.807, 2.05) is 40.6 Å². The first-order valence-corrected chi connectivity index (χ1v) is 10.4. The highest BCUT2D eigenvalue weighted by molar-refractivity contribution is 7.07. The van der Waals surface area contributed by atoms with Gasteiger partial charge in [0.15, 0.2) is 0 Å². The lowest BCUT2D eigenvalue weighted by atomic mass is 10.1. The lowest BCUT2D eigenvalue weighted by molar-refractivity contribution is 0.0628. The number of benzene rings is 2. The Labute approximate surface area is 169 Å². The average molecular weight is 394 g/mol. The number of rotatable bonds is 6. The van der Waals surface area contributed by atoms with Gasteiger partial charge in [0.25, 0.3) is 5.91 Å². The van der Waals surface area contributed by atoms with Gasteiger partial charge in [-0.3, -0.25) is 9.69 Å². The first-order chi connectivity index (χ1) is 13.8. The molecule has 5 nitrogen and oxygen atoms in total. The van der Waals surface area contributed by atoms with Crippen LogP contribution in [0.2, 0.25) is 0 Å². The van der Waals surface area contributed by atoms with Gasteiger partial charge in [0.05, 0.1) is 11.2 Å². The summed E-state index contributed by atoms with van der Waals surface area (Å²) < 4.78 is 5.78. The number of aromatic nitrogens is 1. The number of amides is 1. The third-order valence-corrected chi connectivity index (χ3v) is 5.49. The lowest BCUT2D eigenvalue weighted by Gasteiger charge is -2.34. The summed E-state index contributed by atoms with van der Waals surface area (Å²) in [7, 11) is 0. The summed E-state index contributed by atoms with van der Waals surface area (Å²) in [5, 5.41) is 1.96. The molecule has 0 unspecified atom stereocenters. The van der Waals surface area contributed by atoms with Crippen molar-refractivity contribution in [2.75, 3.05) is 26.2 Å². The number of hydrogen-bond acceptors (Lipinski definition) is 5. The van der Waals surface area contributed by atoms with Crippen molar-refractivity contribution >= 4 is 17.2 Å². The molecule has 0 radical (unpaired) electrons. The van der Waals surface area contributed by atoms with E-state index in [4.69, 9.17) is 4.74 Å². The Bertz CT molecular complexity index is 891. The van der Waals surface area contributed by atoms with Crippen molar-refractivity contribution in [1.82, 2.24) is 14.8 Å². The second kappa shape index (κ2) is 8.99. The molecule has 0 bridgehead atoms. The van der Waals surface area contributed by atoms with Crippen LogP contribution in [0.3, 0.4) is 0 Å². The molecule has 1 aromatic heterocycles. The third-order valence-electron chi connectivity index (χ3n) is 4.86. The summed E-state index contributed by atoms with van der Waals surface area (Å²) >= 11 is 1.55. The molecule has 0 atom stereocenters. The highest BCUT2D eigenvalue weighted by Crippen LogP contribution is 2.18. The van der Waals surface area contributed by atoms with E-state index in [1.54, 1.807) is 16.8 Å². The van der Waals surface area contributed by atoms with Gasteiger partial charge in [-0.15, -0.1) is 11.3 Å². The van der Waals surface area contributed by atoms with E-state index in [9.17, 15) is 4.79 Å². The fraction of sp³-hybridized carbons (Fsp3) is 0.273. The van der Waals surface area contributed by atoms with E-state index < -0.39 is 0 Å². The second-order valence-electron chi connectivity index (χ2n) is 6.85. The summed E-state index contributed by atoms with van der Waals surface area (Å²) in [6.07, 6.45) is 0. The monoisotopic (exact) mass is 393 g/mol. The number of carbonyl (C=O) groups is 1. The van der Waals surface area contributed by atoms with Gasteiger partial charge < -0.3 is 9.64 Å². The number of hydrogen-bond donors (Lipinski definition) is 0. The van der Waals surface area contributed by atoms with Gasteiger partial charge in [-0.05, 0) is 23.8 Å². The van der Waals surface area contributed by atoms with Crippen molar-refractivity contribution in [3.05, 3.63) is 82.3 Å². The van der Waals surface area contributed by atoms with Gasteiger partial charge in [-0.1, -0.05) is 36.4 Å². The van der Waals surface area contributed by atoms with Crippen LogP contribution in [0.1, 0.15) is 21.6 Å². The maximum atomic E-state index is 12.9. The smallest absolute Gasteiger partial charge is 0.254 e. The molecule has 4 rings (SSSR count). The highest BCUT2D eigenvalue weighted by atomic mass is 32.1. The highest BCUT2D eigenvalue weighted by Gasteiger charge is 2.22. The Morgan fingerprint density at radius 1 is 1.04 bits per heavy atom. The molecule has 1 amide bonds. The number of thiazole rings is 1. The first kappa shape index (κ1) is 18.7. The van der Waals surface area contributed by atoms with E-state index in [-0.39, 0.29) is 5.91 Å². The van der Waals surface area contributed by atoms with Crippen LogP contribution in [0.4, 0.5) is 0 Å². The standard InChI is InChI=1S/C22H23N3O2S/c26-22(19-7-4-8-21(13-19)27-15-20-16-28-17-23-20)25-11-9-24(10-12-25)14-18-5-2-1-3-6-18/h1-8,13,16-17H,9-12,14-15H2. The zero-order chi connectivity index (χ0) is 19.2. The SMILES string of the molecule is O=C(c1cccc(OCc2cscn2)c1)N1CCN(Cc2ccccc2)CC1. The minimum Gasteiger partial charge on any atom is -0.487 e. The zero-order valence-corrected chi connectivity index (χ0v) is 16.5. The number of piperazine rings is 1. The van der Waals surface area contributed by atoms with Gasteiger partial charge in [-0.2, -0.15) is 0 Å². The summed E-state index contributed by atoms with van der Waals surface area (Å²) in [5.41, 5.74) is 4.67. The number of nitrogens with zero attached hydrogens (tertiary/aromatic N) is 3. The fourth-order valence-corrected chi connectivity index (χ4v) is 3.86. The molecule has 0 aliphatic carbocycles. The maximum Gasteiger partial charge on any atom is 0.254 e. The van der Waals surface area contributed by atoms with Crippen LogP contribution in [0.15, 0.2) is 65.5 Å². The normalized spacial score (nSPS) is 14.8. The summed E-state index contributed by atoms with van der Waals surface area (Å²) in [5.74, 6) is 0.764. The molecule has 2 heterocycles. The minimum atomic E-state index is 0.0680. The van der Waals surface area contributed by atoms with Crippen molar-refractivity contribution < 1.29 is 9.53 Å². The average Bonchev–Trinajstić information content (AvgIpc) is 3.27. The fourth-order valence-electron chi connectivity index (χ4n) is 3.32. The van der Waals surface area contributed by atoms with Gasteiger partial charge in [-0.25, -0.2) is 4.98 Å². The molecule has 3 aromatic rings.